The number of aliphatic hydroxyl groups is 1. The Morgan fingerprint density at radius 2 is 1.79 bits per heavy atom. The molecule has 2 heterocycles. The van der Waals surface area contributed by atoms with Gasteiger partial charge in [0.2, 0.25) is 0 Å². The van der Waals surface area contributed by atoms with E-state index >= 15 is 0 Å². The predicted octanol–water partition coefficient (Wildman–Crippen LogP) is 2.49. The molecule has 2 saturated heterocycles. The highest BCUT2D eigenvalue weighted by atomic mass is 19.3. The summed E-state index contributed by atoms with van der Waals surface area (Å²) in [5.74, 6) is -0.227. The van der Waals surface area contributed by atoms with Crippen molar-refractivity contribution in [3.8, 4) is 5.75 Å². The average Bonchev–Trinajstić information content (AvgIpc) is 3.16. The van der Waals surface area contributed by atoms with Crippen molar-refractivity contribution in [3.05, 3.63) is 65.7 Å². The third-order valence-corrected chi connectivity index (χ3v) is 5.48. The smallest absolute Gasteiger partial charge is 0.387 e. The summed E-state index contributed by atoms with van der Waals surface area (Å²) < 4.78 is 29.3. The van der Waals surface area contributed by atoms with Gasteiger partial charge in [0.15, 0.2) is 0 Å². The second kappa shape index (κ2) is 7.85. The minimum atomic E-state index is -2.85. The number of alkyl halides is 2. The lowest BCUT2D eigenvalue weighted by Crippen LogP contribution is -2.38. The summed E-state index contributed by atoms with van der Waals surface area (Å²) in [6.07, 6.45) is -0.993. The number of hydrogen-bond donors (Lipinski definition) is 1. The number of ether oxygens (including phenoxy) is 1. The number of likely N-dealkylation sites (tertiary alicyclic amines) is 2. The maximum Gasteiger partial charge on any atom is 0.387 e. The van der Waals surface area contributed by atoms with Crippen molar-refractivity contribution in [2.75, 3.05) is 13.1 Å². The molecule has 2 aliphatic rings. The van der Waals surface area contributed by atoms with Gasteiger partial charge in [0, 0.05) is 32.1 Å². The van der Waals surface area contributed by atoms with Crippen LogP contribution in [-0.4, -0.2) is 52.7 Å². The van der Waals surface area contributed by atoms with Crippen LogP contribution in [0.4, 0.5) is 8.78 Å². The number of benzene rings is 2. The van der Waals surface area contributed by atoms with E-state index < -0.39 is 12.7 Å². The Labute approximate surface area is 162 Å². The summed E-state index contributed by atoms with van der Waals surface area (Å²) in [5.41, 5.74) is 1.88. The van der Waals surface area contributed by atoms with Gasteiger partial charge in [-0.05, 0) is 23.3 Å². The summed E-state index contributed by atoms with van der Waals surface area (Å²) in [6.45, 7) is -0.603. The van der Waals surface area contributed by atoms with Crippen molar-refractivity contribution >= 4 is 5.91 Å². The van der Waals surface area contributed by atoms with Gasteiger partial charge in [0.1, 0.15) is 11.9 Å². The first-order chi connectivity index (χ1) is 13.5. The summed E-state index contributed by atoms with van der Waals surface area (Å²) in [4.78, 5) is 16.4. The number of aliphatic hydroxyl groups excluding tert-OH is 1. The Bertz CT molecular complexity index is 833. The molecule has 2 fully saturated rings. The second-order valence-corrected chi connectivity index (χ2v) is 7.35. The van der Waals surface area contributed by atoms with E-state index in [1.165, 1.54) is 6.07 Å². The van der Waals surface area contributed by atoms with Gasteiger partial charge >= 0.3 is 6.61 Å². The summed E-state index contributed by atoms with van der Waals surface area (Å²) >= 11 is 0. The molecule has 3 atom stereocenters. The van der Waals surface area contributed by atoms with E-state index in [4.69, 9.17) is 0 Å². The Morgan fingerprint density at radius 3 is 2.54 bits per heavy atom. The van der Waals surface area contributed by atoms with Crippen LogP contribution in [0.3, 0.4) is 0 Å². The third kappa shape index (κ3) is 3.86. The maximum atomic E-state index is 12.5. The minimum absolute atomic E-state index is 0.0526. The molecule has 2 aromatic rings. The van der Waals surface area contributed by atoms with Crippen LogP contribution in [0.2, 0.25) is 0 Å². The van der Waals surface area contributed by atoms with E-state index in [0.717, 1.165) is 11.1 Å². The monoisotopic (exact) mass is 388 g/mol. The molecular formula is C21H22F2N2O3. The molecule has 0 unspecified atom stereocenters. The molecule has 0 spiro atoms. The number of carbonyl (C=O) groups is 1. The van der Waals surface area contributed by atoms with E-state index in [1.807, 2.05) is 36.4 Å². The fraction of sp³-hybridized carbons (Fsp3) is 0.381. The second-order valence-electron chi connectivity index (χ2n) is 7.35. The van der Waals surface area contributed by atoms with Gasteiger partial charge in [-0.25, -0.2) is 0 Å². The van der Waals surface area contributed by atoms with Crippen molar-refractivity contribution in [2.24, 2.45) is 5.92 Å². The van der Waals surface area contributed by atoms with Gasteiger partial charge < -0.3 is 14.7 Å². The van der Waals surface area contributed by atoms with Crippen LogP contribution in [-0.2, 0) is 17.9 Å². The van der Waals surface area contributed by atoms with E-state index in [0.29, 0.717) is 26.2 Å². The highest BCUT2D eigenvalue weighted by Crippen LogP contribution is 2.34. The minimum Gasteiger partial charge on any atom is -0.435 e. The molecule has 0 saturated carbocycles. The highest BCUT2D eigenvalue weighted by molar-refractivity contribution is 5.84. The fourth-order valence-electron chi connectivity index (χ4n) is 4.23. The summed E-state index contributed by atoms with van der Waals surface area (Å²) in [7, 11) is 0. The number of hydrogen-bond acceptors (Lipinski definition) is 4. The number of fused-ring (bicyclic) bond motifs is 1. The van der Waals surface area contributed by atoms with Crippen LogP contribution < -0.4 is 4.74 Å². The first-order valence-corrected chi connectivity index (χ1v) is 9.30. The Hall–Kier alpha value is -2.51. The Morgan fingerprint density at radius 1 is 1.04 bits per heavy atom. The first-order valence-electron chi connectivity index (χ1n) is 9.30. The Balaban J connectivity index is 1.44. The lowest BCUT2D eigenvalue weighted by molar-refractivity contribution is -0.136. The third-order valence-electron chi connectivity index (χ3n) is 5.48. The van der Waals surface area contributed by atoms with Crippen LogP contribution in [0.25, 0.3) is 0 Å². The SMILES string of the molecule is O=C1[C@@H](O)[C@H]2CN(Cc3cccc(OC(F)F)c3)C[C@H]2N1Cc1ccccc1. The maximum absolute atomic E-state index is 12.5. The van der Waals surface area contributed by atoms with Crippen molar-refractivity contribution in [3.63, 3.8) is 0 Å². The zero-order chi connectivity index (χ0) is 19.7. The molecule has 5 nitrogen and oxygen atoms in total. The molecule has 1 amide bonds. The molecule has 1 N–H and O–H groups in total. The molecule has 2 aromatic carbocycles. The largest absolute Gasteiger partial charge is 0.435 e. The molecular weight excluding hydrogens is 366 g/mol. The van der Waals surface area contributed by atoms with Crippen molar-refractivity contribution in [1.29, 1.82) is 0 Å². The Kier molecular flexibility index (Phi) is 5.28. The average molecular weight is 388 g/mol. The van der Waals surface area contributed by atoms with Crippen LogP contribution in [0.1, 0.15) is 11.1 Å². The number of halogens is 2. The molecule has 0 bridgehead atoms. The molecule has 28 heavy (non-hydrogen) atoms. The molecule has 0 aromatic heterocycles. The van der Waals surface area contributed by atoms with Crippen molar-refractivity contribution in [1.82, 2.24) is 9.80 Å². The van der Waals surface area contributed by atoms with Crippen LogP contribution in [0.5, 0.6) is 5.75 Å². The molecule has 0 radical (unpaired) electrons. The van der Waals surface area contributed by atoms with Gasteiger partial charge in [0.05, 0.1) is 6.04 Å². The summed E-state index contributed by atoms with van der Waals surface area (Å²) in [6, 6.07) is 16.3. The van der Waals surface area contributed by atoms with E-state index in [2.05, 4.69) is 9.64 Å². The topological polar surface area (TPSA) is 53.0 Å². The lowest BCUT2D eigenvalue weighted by Gasteiger charge is -2.25. The summed E-state index contributed by atoms with van der Waals surface area (Å²) in [5, 5.41) is 10.4. The zero-order valence-corrected chi connectivity index (χ0v) is 15.2. The van der Waals surface area contributed by atoms with E-state index in [9.17, 15) is 18.7 Å². The lowest BCUT2D eigenvalue weighted by atomic mass is 10.0. The molecule has 0 aliphatic carbocycles. The van der Waals surface area contributed by atoms with Gasteiger partial charge in [-0.15, -0.1) is 0 Å². The van der Waals surface area contributed by atoms with E-state index in [-0.39, 0.29) is 23.6 Å². The van der Waals surface area contributed by atoms with Crippen LogP contribution in [0.15, 0.2) is 54.6 Å². The number of carbonyl (C=O) groups excluding carboxylic acids is 1. The molecule has 4 rings (SSSR count). The standard InChI is InChI=1S/C21H22F2N2O3/c22-21(23)28-16-8-4-7-15(9-16)10-24-12-17-18(13-24)25(20(27)19(17)26)11-14-5-2-1-3-6-14/h1-9,17-19,21,26H,10-13H2/t17-,18+,19-/m0/s1. The fourth-order valence-corrected chi connectivity index (χ4v) is 4.23. The van der Waals surface area contributed by atoms with Gasteiger partial charge in [-0.2, -0.15) is 8.78 Å². The van der Waals surface area contributed by atoms with Crippen LogP contribution >= 0.6 is 0 Å². The van der Waals surface area contributed by atoms with E-state index in [1.54, 1.807) is 17.0 Å². The first kappa shape index (κ1) is 18.8. The highest BCUT2D eigenvalue weighted by Gasteiger charge is 2.51. The predicted molar refractivity (Wildman–Crippen MR) is 98.6 cm³/mol. The number of nitrogens with zero attached hydrogens (tertiary/aromatic N) is 2. The van der Waals surface area contributed by atoms with Crippen LogP contribution in [0, 0.1) is 5.92 Å². The molecule has 2 aliphatic heterocycles. The normalized spacial score (nSPS) is 24.8. The zero-order valence-electron chi connectivity index (χ0n) is 15.2. The van der Waals surface area contributed by atoms with Crippen molar-refractivity contribution in [2.45, 2.75) is 31.8 Å². The van der Waals surface area contributed by atoms with Crippen molar-refractivity contribution < 1.29 is 23.4 Å². The number of rotatable bonds is 6. The molecule has 148 valence electrons. The van der Waals surface area contributed by atoms with Gasteiger partial charge in [-0.3, -0.25) is 9.69 Å². The van der Waals surface area contributed by atoms with Gasteiger partial charge in [0.25, 0.3) is 5.91 Å². The quantitative estimate of drug-likeness (QED) is 0.826. The molecule has 7 heteroatoms. The number of amides is 1. The van der Waals surface area contributed by atoms with Gasteiger partial charge in [-0.1, -0.05) is 42.5 Å².